The van der Waals surface area contributed by atoms with E-state index in [1.54, 1.807) is 4.90 Å². The highest BCUT2D eigenvalue weighted by molar-refractivity contribution is 6.39. The third-order valence-electron chi connectivity index (χ3n) is 4.81. The van der Waals surface area contributed by atoms with Crippen molar-refractivity contribution in [2.24, 2.45) is 0 Å². The van der Waals surface area contributed by atoms with Crippen molar-refractivity contribution in [2.75, 3.05) is 38.0 Å². The Morgan fingerprint density at radius 3 is 2.25 bits per heavy atom. The first-order valence-corrected chi connectivity index (χ1v) is 9.64. The fraction of sp³-hybridized carbons (Fsp3) is 0.304. The number of rotatable bonds is 4. The van der Waals surface area contributed by atoms with Crippen molar-refractivity contribution < 1.29 is 9.59 Å². The molecule has 1 N–H and O–H groups in total. The SMILES string of the molecule is Cc1cc(C)cc(NC(=O)C(=O)N2CCN(C/C=C/c3ccccc3)CC2)c1. The Morgan fingerprint density at radius 2 is 1.61 bits per heavy atom. The molecule has 146 valence electrons. The van der Waals surface area contributed by atoms with Gasteiger partial charge in [-0.1, -0.05) is 48.6 Å². The lowest BCUT2D eigenvalue weighted by atomic mass is 10.1. The van der Waals surface area contributed by atoms with Gasteiger partial charge in [-0.2, -0.15) is 0 Å². The summed E-state index contributed by atoms with van der Waals surface area (Å²) in [6, 6.07) is 16.0. The van der Waals surface area contributed by atoms with Crippen molar-refractivity contribution in [2.45, 2.75) is 13.8 Å². The Kier molecular flexibility index (Phi) is 6.61. The van der Waals surface area contributed by atoms with Gasteiger partial charge in [0.15, 0.2) is 0 Å². The molecule has 0 aliphatic carbocycles. The quantitative estimate of drug-likeness (QED) is 0.833. The predicted octanol–water partition coefficient (Wildman–Crippen LogP) is 3.10. The molecule has 2 aromatic rings. The van der Waals surface area contributed by atoms with E-state index in [-0.39, 0.29) is 0 Å². The zero-order chi connectivity index (χ0) is 19.9. The van der Waals surface area contributed by atoms with E-state index in [1.807, 2.05) is 50.2 Å². The number of hydrogen-bond acceptors (Lipinski definition) is 3. The number of benzene rings is 2. The van der Waals surface area contributed by atoms with Crippen molar-refractivity contribution in [1.29, 1.82) is 0 Å². The highest BCUT2D eigenvalue weighted by Crippen LogP contribution is 2.14. The molecule has 5 heteroatoms. The molecule has 28 heavy (non-hydrogen) atoms. The van der Waals surface area contributed by atoms with Gasteiger partial charge in [0, 0.05) is 38.4 Å². The maximum absolute atomic E-state index is 12.5. The Bertz CT molecular complexity index is 833. The molecule has 3 rings (SSSR count). The highest BCUT2D eigenvalue weighted by atomic mass is 16.2. The van der Waals surface area contributed by atoms with Gasteiger partial charge in [0.05, 0.1) is 0 Å². The van der Waals surface area contributed by atoms with Crippen LogP contribution in [0.5, 0.6) is 0 Å². The van der Waals surface area contributed by atoms with Crippen LogP contribution in [0.3, 0.4) is 0 Å². The van der Waals surface area contributed by atoms with Crippen LogP contribution in [0.1, 0.15) is 16.7 Å². The number of carbonyl (C=O) groups excluding carboxylic acids is 2. The molecule has 1 aliphatic rings. The van der Waals surface area contributed by atoms with Crippen LogP contribution in [-0.2, 0) is 9.59 Å². The summed E-state index contributed by atoms with van der Waals surface area (Å²) in [5, 5.41) is 2.73. The second-order valence-electron chi connectivity index (χ2n) is 7.24. The van der Waals surface area contributed by atoms with E-state index in [9.17, 15) is 9.59 Å². The zero-order valence-corrected chi connectivity index (χ0v) is 16.5. The van der Waals surface area contributed by atoms with Gasteiger partial charge in [0.2, 0.25) is 0 Å². The summed E-state index contributed by atoms with van der Waals surface area (Å²) in [4.78, 5) is 28.7. The fourth-order valence-electron chi connectivity index (χ4n) is 3.41. The van der Waals surface area contributed by atoms with E-state index in [4.69, 9.17) is 0 Å². The summed E-state index contributed by atoms with van der Waals surface area (Å²) in [6.45, 7) is 7.44. The van der Waals surface area contributed by atoms with Crippen LogP contribution in [0.4, 0.5) is 5.69 Å². The molecular weight excluding hydrogens is 350 g/mol. The summed E-state index contributed by atoms with van der Waals surface area (Å²) >= 11 is 0. The van der Waals surface area contributed by atoms with Crippen LogP contribution in [-0.4, -0.2) is 54.3 Å². The third-order valence-corrected chi connectivity index (χ3v) is 4.81. The van der Waals surface area contributed by atoms with Crippen LogP contribution in [0.15, 0.2) is 54.6 Å². The van der Waals surface area contributed by atoms with Gasteiger partial charge in [-0.05, 0) is 42.7 Å². The maximum atomic E-state index is 12.5. The van der Waals surface area contributed by atoms with Gasteiger partial charge in [-0.3, -0.25) is 14.5 Å². The number of nitrogens with one attached hydrogen (secondary N) is 1. The molecule has 0 saturated carbocycles. The Hall–Kier alpha value is -2.92. The minimum Gasteiger partial charge on any atom is -0.332 e. The lowest BCUT2D eigenvalue weighted by Crippen LogP contribution is -2.51. The summed E-state index contributed by atoms with van der Waals surface area (Å²) in [5.41, 5.74) is 3.96. The first-order valence-electron chi connectivity index (χ1n) is 9.64. The van der Waals surface area contributed by atoms with E-state index < -0.39 is 11.8 Å². The van der Waals surface area contributed by atoms with Gasteiger partial charge in [-0.15, -0.1) is 0 Å². The van der Waals surface area contributed by atoms with Crippen molar-refractivity contribution >= 4 is 23.6 Å². The molecule has 1 heterocycles. The van der Waals surface area contributed by atoms with E-state index in [0.29, 0.717) is 18.8 Å². The number of hydrogen-bond donors (Lipinski definition) is 1. The molecule has 0 unspecified atom stereocenters. The third kappa shape index (κ3) is 5.54. The Labute approximate surface area is 166 Å². The molecule has 1 aliphatic heterocycles. The van der Waals surface area contributed by atoms with Crippen LogP contribution in [0, 0.1) is 13.8 Å². The zero-order valence-electron chi connectivity index (χ0n) is 16.5. The molecule has 0 bridgehead atoms. The normalized spacial score (nSPS) is 15.0. The second kappa shape index (κ2) is 9.33. The van der Waals surface area contributed by atoms with Gasteiger partial charge in [0.1, 0.15) is 0 Å². The van der Waals surface area contributed by atoms with Crippen LogP contribution < -0.4 is 5.32 Å². The number of amides is 2. The lowest BCUT2D eigenvalue weighted by Gasteiger charge is -2.33. The van der Waals surface area contributed by atoms with Crippen LogP contribution in [0.25, 0.3) is 6.08 Å². The van der Waals surface area contributed by atoms with Crippen molar-refractivity contribution in [3.63, 3.8) is 0 Å². The number of aryl methyl sites for hydroxylation is 2. The van der Waals surface area contributed by atoms with Gasteiger partial charge in [-0.25, -0.2) is 0 Å². The molecule has 1 fully saturated rings. The van der Waals surface area contributed by atoms with E-state index >= 15 is 0 Å². The van der Waals surface area contributed by atoms with E-state index in [1.165, 1.54) is 5.56 Å². The minimum absolute atomic E-state index is 0.460. The smallest absolute Gasteiger partial charge is 0.313 e. The second-order valence-corrected chi connectivity index (χ2v) is 7.24. The topological polar surface area (TPSA) is 52.7 Å². The first-order chi connectivity index (χ1) is 13.5. The molecule has 1 saturated heterocycles. The van der Waals surface area contributed by atoms with Gasteiger partial charge < -0.3 is 10.2 Å². The standard InChI is InChI=1S/C23H27N3O2/c1-18-15-19(2)17-21(16-18)24-22(27)23(28)26-13-11-25(12-14-26)10-6-9-20-7-4-3-5-8-20/h3-9,15-17H,10-14H2,1-2H3,(H,24,27)/b9-6+. The van der Waals surface area contributed by atoms with Crippen molar-refractivity contribution in [1.82, 2.24) is 9.80 Å². The largest absolute Gasteiger partial charge is 0.332 e. The fourth-order valence-corrected chi connectivity index (χ4v) is 3.41. The molecule has 2 amide bonds. The van der Waals surface area contributed by atoms with Gasteiger partial charge in [0.25, 0.3) is 0 Å². The summed E-state index contributed by atoms with van der Waals surface area (Å²) in [6.07, 6.45) is 4.24. The lowest BCUT2D eigenvalue weighted by molar-refractivity contribution is -0.144. The predicted molar refractivity (Wildman–Crippen MR) is 113 cm³/mol. The summed E-state index contributed by atoms with van der Waals surface area (Å²) < 4.78 is 0. The van der Waals surface area contributed by atoms with Crippen LogP contribution in [0.2, 0.25) is 0 Å². The van der Waals surface area contributed by atoms with E-state index in [0.717, 1.165) is 30.8 Å². The van der Waals surface area contributed by atoms with Crippen molar-refractivity contribution in [3.05, 3.63) is 71.3 Å². The average Bonchev–Trinajstić information content (AvgIpc) is 2.68. The van der Waals surface area contributed by atoms with E-state index in [2.05, 4.69) is 34.5 Å². The first kappa shape index (κ1) is 19.8. The molecule has 0 atom stereocenters. The molecular formula is C23H27N3O2. The summed E-state index contributed by atoms with van der Waals surface area (Å²) in [7, 11) is 0. The molecule has 0 aromatic heterocycles. The summed E-state index contributed by atoms with van der Waals surface area (Å²) in [5.74, 6) is -1.03. The minimum atomic E-state index is -0.567. The highest BCUT2D eigenvalue weighted by Gasteiger charge is 2.25. The Morgan fingerprint density at radius 1 is 0.964 bits per heavy atom. The molecule has 0 spiro atoms. The Balaban J connectivity index is 1.46. The number of nitrogens with zero attached hydrogens (tertiary/aromatic N) is 2. The van der Waals surface area contributed by atoms with Crippen molar-refractivity contribution in [3.8, 4) is 0 Å². The van der Waals surface area contributed by atoms with Gasteiger partial charge >= 0.3 is 11.8 Å². The molecule has 2 aromatic carbocycles. The molecule has 0 radical (unpaired) electrons. The maximum Gasteiger partial charge on any atom is 0.313 e. The monoisotopic (exact) mass is 377 g/mol. The van der Waals surface area contributed by atoms with Crippen LogP contribution >= 0.6 is 0 Å². The number of carbonyl (C=O) groups is 2. The number of piperazine rings is 1. The molecule has 5 nitrogen and oxygen atoms in total. The number of anilines is 1. The average molecular weight is 377 g/mol.